The van der Waals surface area contributed by atoms with Gasteiger partial charge in [0.05, 0.1) is 25.4 Å². The second-order valence-corrected chi connectivity index (χ2v) is 6.66. The number of rotatable bonds is 7. The largest absolute Gasteiger partial charge is 0.496 e. The Balaban J connectivity index is 1.67. The summed E-state index contributed by atoms with van der Waals surface area (Å²) in [5.41, 5.74) is 4.20. The van der Waals surface area contributed by atoms with Crippen LogP contribution in [0.25, 0.3) is 11.1 Å². The minimum atomic E-state index is -0.438. The van der Waals surface area contributed by atoms with Gasteiger partial charge in [-0.1, -0.05) is 43.3 Å². The number of nitrogens with one attached hydrogen (secondary N) is 1. The molecular weight excluding hydrogens is 378 g/mol. The molecule has 0 saturated heterocycles. The zero-order chi connectivity index (χ0) is 21.5. The molecule has 2 aromatic carbocycles. The molecule has 6 heteroatoms. The van der Waals surface area contributed by atoms with Gasteiger partial charge < -0.3 is 10.1 Å². The van der Waals surface area contributed by atoms with Gasteiger partial charge in [-0.25, -0.2) is 4.98 Å². The van der Waals surface area contributed by atoms with E-state index in [2.05, 4.69) is 23.3 Å². The first-order chi connectivity index (χ1) is 14.5. The molecule has 30 heavy (non-hydrogen) atoms. The van der Waals surface area contributed by atoms with Crippen LogP contribution in [0.3, 0.4) is 0 Å². The summed E-state index contributed by atoms with van der Waals surface area (Å²) >= 11 is 0. The van der Waals surface area contributed by atoms with Crippen LogP contribution in [0.4, 0.5) is 5.69 Å². The van der Waals surface area contributed by atoms with Gasteiger partial charge in [0.15, 0.2) is 5.78 Å². The van der Waals surface area contributed by atoms with Gasteiger partial charge in [0.2, 0.25) is 5.91 Å². The number of anilines is 1. The molecular formula is C24H21N3O3. The maximum Gasteiger partial charge on any atom is 0.232 e. The number of pyridine rings is 1. The number of ketones is 1. The lowest BCUT2D eigenvalue weighted by Gasteiger charge is -2.11. The molecule has 0 unspecified atom stereocenters. The molecule has 0 fully saturated rings. The highest BCUT2D eigenvalue weighted by Crippen LogP contribution is 2.31. The molecule has 0 atom stereocenters. The van der Waals surface area contributed by atoms with Gasteiger partial charge in [0.1, 0.15) is 17.5 Å². The molecule has 0 radical (unpaired) electrons. The second-order valence-electron chi connectivity index (χ2n) is 6.66. The van der Waals surface area contributed by atoms with Crippen LogP contribution in [0.5, 0.6) is 5.75 Å². The van der Waals surface area contributed by atoms with Gasteiger partial charge in [-0.05, 0) is 35.7 Å². The van der Waals surface area contributed by atoms with Crippen molar-refractivity contribution in [2.75, 3.05) is 12.4 Å². The first kappa shape index (κ1) is 20.7. The average Bonchev–Trinajstić information content (AvgIpc) is 2.79. The van der Waals surface area contributed by atoms with Crippen LogP contribution >= 0.6 is 0 Å². The Hall–Kier alpha value is -3.98. The number of nitrogens with zero attached hydrogens (tertiary/aromatic N) is 2. The molecule has 0 spiro atoms. The van der Waals surface area contributed by atoms with Crippen molar-refractivity contribution < 1.29 is 14.3 Å². The zero-order valence-electron chi connectivity index (χ0n) is 16.8. The summed E-state index contributed by atoms with van der Waals surface area (Å²) in [5.74, 6) is 0.0604. The zero-order valence-corrected chi connectivity index (χ0v) is 16.8. The number of aryl methyl sites for hydroxylation is 1. The molecule has 3 rings (SSSR count). The number of nitriles is 1. The Kier molecular flexibility index (Phi) is 6.56. The van der Waals surface area contributed by atoms with Crippen LogP contribution in [-0.4, -0.2) is 23.8 Å². The van der Waals surface area contributed by atoms with E-state index in [4.69, 9.17) is 10.00 Å². The van der Waals surface area contributed by atoms with E-state index in [9.17, 15) is 9.59 Å². The van der Waals surface area contributed by atoms with E-state index in [1.54, 1.807) is 25.3 Å². The van der Waals surface area contributed by atoms with E-state index in [1.807, 2.05) is 30.3 Å². The minimum absolute atomic E-state index is 0.255. The fraction of sp³-hybridized carbons (Fsp3) is 0.167. The number of aromatic nitrogens is 1. The fourth-order valence-corrected chi connectivity index (χ4v) is 3.02. The average molecular weight is 399 g/mol. The standard InChI is InChI=1S/C24H21N3O3/c1-3-16-4-11-21(23(12-16)30-2)17-5-7-18(8-6-17)22(28)13-24(29)27-20-10-9-19(14-25)26-15-20/h4-12,15H,3,13H2,1-2H3,(H,27,29). The van der Waals surface area contributed by atoms with Gasteiger partial charge in [-0.3, -0.25) is 9.59 Å². The molecule has 0 saturated carbocycles. The van der Waals surface area contributed by atoms with Crippen molar-refractivity contribution in [1.29, 1.82) is 5.26 Å². The SMILES string of the molecule is CCc1ccc(-c2ccc(C(=O)CC(=O)Nc3ccc(C#N)nc3)cc2)c(OC)c1. The first-order valence-corrected chi connectivity index (χ1v) is 9.50. The smallest absolute Gasteiger partial charge is 0.232 e. The summed E-state index contributed by atoms with van der Waals surface area (Å²) in [4.78, 5) is 28.5. The molecule has 0 aliphatic rings. The number of amides is 1. The molecule has 1 heterocycles. The van der Waals surface area contributed by atoms with Gasteiger partial charge in [0.25, 0.3) is 0 Å². The molecule has 3 aromatic rings. The Labute approximate surface area is 175 Å². The summed E-state index contributed by atoms with van der Waals surface area (Å²) in [6, 6.07) is 18.2. The van der Waals surface area contributed by atoms with Crippen molar-refractivity contribution in [3.05, 3.63) is 77.6 Å². The molecule has 1 amide bonds. The highest BCUT2D eigenvalue weighted by molar-refractivity contribution is 6.11. The van der Waals surface area contributed by atoms with Gasteiger partial charge in [-0.2, -0.15) is 5.26 Å². The highest BCUT2D eigenvalue weighted by atomic mass is 16.5. The quantitative estimate of drug-likeness (QED) is 0.469. The number of carbonyl (C=O) groups excluding carboxylic acids is 2. The summed E-state index contributed by atoms with van der Waals surface area (Å²) in [6.07, 6.45) is 2.02. The molecule has 150 valence electrons. The van der Waals surface area contributed by atoms with E-state index >= 15 is 0 Å². The number of methoxy groups -OCH3 is 1. The maximum atomic E-state index is 12.5. The lowest BCUT2D eigenvalue weighted by molar-refractivity contribution is -0.115. The third-order valence-corrected chi connectivity index (χ3v) is 4.67. The minimum Gasteiger partial charge on any atom is -0.496 e. The summed E-state index contributed by atoms with van der Waals surface area (Å²) < 4.78 is 5.50. The highest BCUT2D eigenvalue weighted by Gasteiger charge is 2.13. The van der Waals surface area contributed by atoms with Gasteiger partial charge >= 0.3 is 0 Å². The third kappa shape index (κ3) is 4.89. The molecule has 1 aromatic heterocycles. The number of carbonyl (C=O) groups is 2. The number of benzene rings is 2. The van der Waals surface area contributed by atoms with Crippen molar-refractivity contribution in [1.82, 2.24) is 4.98 Å². The number of Topliss-reactive ketones (excluding diaryl/α,β-unsaturated/α-hetero) is 1. The van der Waals surface area contributed by atoms with Crippen LogP contribution in [-0.2, 0) is 11.2 Å². The molecule has 6 nitrogen and oxygen atoms in total. The summed E-state index contributed by atoms with van der Waals surface area (Å²) in [7, 11) is 1.64. The monoisotopic (exact) mass is 399 g/mol. The van der Waals surface area contributed by atoms with Crippen LogP contribution < -0.4 is 10.1 Å². The first-order valence-electron chi connectivity index (χ1n) is 9.50. The summed E-state index contributed by atoms with van der Waals surface area (Å²) in [6.45, 7) is 2.09. The van der Waals surface area contributed by atoms with Crippen LogP contribution in [0.2, 0.25) is 0 Å². The Morgan fingerprint density at radius 3 is 2.47 bits per heavy atom. The normalized spacial score (nSPS) is 10.2. The summed E-state index contributed by atoms with van der Waals surface area (Å²) in [5, 5.41) is 11.4. The Bertz CT molecular complexity index is 1100. The second kappa shape index (κ2) is 9.48. The van der Waals surface area contributed by atoms with E-state index in [1.165, 1.54) is 17.8 Å². The van der Waals surface area contributed by atoms with Crippen LogP contribution in [0.15, 0.2) is 60.8 Å². The van der Waals surface area contributed by atoms with Crippen molar-refractivity contribution in [2.45, 2.75) is 19.8 Å². The maximum absolute atomic E-state index is 12.5. The van der Waals surface area contributed by atoms with Crippen LogP contribution in [0.1, 0.15) is 35.0 Å². The van der Waals surface area contributed by atoms with Gasteiger partial charge in [-0.15, -0.1) is 0 Å². The van der Waals surface area contributed by atoms with Crippen LogP contribution in [0, 0.1) is 11.3 Å². The Morgan fingerprint density at radius 1 is 1.10 bits per heavy atom. The van der Waals surface area contributed by atoms with Crippen molar-refractivity contribution in [3.63, 3.8) is 0 Å². The number of hydrogen-bond donors (Lipinski definition) is 1. The molecule has 0 aliphatic heterocycles. The van der Waals surface area contributed by atoms with E-state index in [0.717, 1.165) is 23.3 Å². The predicted octanol–water partition coefficient (Wildman–Crippen LogP) is 4.40. The molecule has 0 bridgehead atoms. The number of ether oxygens (including phenoxy) is 1. The van der Waals surface area contributed by atoms with E-state index < -0.39 is 5.91 Å². The topological polar surface area (TPSA) is 92.1 Å². The fourth-order valence-electron chi connectivity index (χ4n) is 3.02. The van der Waals surface area contributed by atoms with Crippen molar-refractivity contribution in [3.8, 4) is 22.9 Å². The van der Waals surface area contributed by atoms with Gasteiger partial charge in [0, 0.05) is 11.1 Å². The predicted molar refractivity (Wildman–Crippen MR) is 114 cm³/mol. The van der Waals surface area contributed by atoms with Crippen molar-refractivity contribution in [2.24, 2.45) is 0 Å². The lowest BCUT2D eigenvalue weighted by atomic mass is 9.99. The van der Waals surface area contributed by atoms with Crippen molar-refractivity contribution >= 4 is 17.4 Å². The van der Waals surface area contributed by atoms with E-state index in [0.29, 0.717) is 11.3 Å². The molecule has 1 N–H and O–H groups in total. The van der Waals surface area contributed by atoms with E-state index in [-0.39, 0.29) is 17.9 Å². The molecule has 0 aliphatic carbocycles. The third-order valence-electron chi connectivity index (χ3n) is 4.67. The Morgan fingerprint density at radius 2 is 1.87 bits per heavy atom. The number of hydrogen-bond acceptors (Lipinski definition) is 5. The lowest BCUT2D eigenvalue weighted by Crippen LogP contribution is -2.16.